The van der Waals surface area contributed by atoms with Crippen molar-refractivity contribution < 1.29 is 26.7 Å². The fraction of sp³-hybridized carbons (Fsp3) is 0.517. The number of fused-ring (bicyclic) bond motifs is 5. The Labute approximate surface area is 252 Å². The molecule has 4 saturated heterocycles. The molecule has 0 saturated carbocycles. The Balaban J connectivity index is 1.30. The summed E-state index contributed by atoms with van der Waals surface area (Å²) in [5.41, 5.74) is 3.38. The van der Waals surface area contributed by atoms with Crippen molar-refractivity contribution in [1.29, 1.82) is 0 Å². The molecule has 0 aliphatic carbocycles. The molecule has 0 spiro atoms. The molecule has 8 rings (SSSR count). The van der Waals surface area contributed by atoms with Gasteiger partial charge >= 0.3 is 12.2 Å². The van der Waals surface area contributed by atoms with Gasteiger partial charge in [-0.2, -0.15) is 23.1 Å². The average Bonchev–Trinajstić information content (AvgIpc) is 3.72. The molecule has 2 bridgehead atoms. The number of hydrogen-bond acceptors (Lipinski definition) is 10. The fourth-order valence-corrected chi connectivity index (χ4v) is 8.40. The number of thiazole rings is 1. The lowest BCUT2D eigenvalue weighted by Crippen LogP contribution is -2.51. The third-order valence-corrected chi connectivity index (χ3v) is 10.4. The van der Waals surface area contributed by atoms with Crippen LogP contribution in [0.4, 0.5) is 32.9 Å². The molecule has 0 amide bonds. The van der Waals surface area contributed by atoms with Crippen LogP contribution >= 0.6 is 11.3 Å². The predicted octanol–water partition coefficient (Wildman–Crippen LogP) is 4.94. The second-order valence-electron chi connectivity index (χ2n) is 12.3. The van der Waals surface area contributed by atoms with Gasteiger partial charge in [-0.25, -0.2) is 13.8 Å². The van der Waals surface area contributed by atoms with Gasteiger partial charge in [0.25, 0.3) is 0 Å². The maximum atomic E-state index is 15.1. The third-order valence-electron chi connectivity index (χ3n) is 9.50. The standard InChI is InChI=1S/C29H29F5N8OS/c30-14-8-28(6-1-7-42(28)10-14)13-43-27-39-22-18(25(40-27)41-11-15-2-3-16(12-41)37-15)9-36-21(20(22)29(32,33)34)17-4-5-19(31)24-23(17)38-26(35)44-24/h4-5,9,14-16,37H,1-3,6-8,10-13H2,(H2,35,38)/t14-,15?,16?,28+/m1/s1. The molecule has 4 fully saturated rings. The number of nitrogens with one attached hydrogen (secondary N) is 1. The summed E-state index contributed by atoms with van der Waals surface area (Å²) in [7, 11) is 0. The Hall–Kier alpha value is -3.43. The van der Waals surface area contributed by atoms with E-state index in [4.69, 9.17) is 10.5 Å². The van der Waals surface area contributed by atoms with Crippen LogP contribution in [0, 0.1) is 5.82 Å². The SMILES string of the molecule is Nc1nc2c(-c3ncc4c(N5CC6CCC(C5)N6)nc(OC[C@@]56CCCN5C[C@H](F)C6)nc4c3C(F)(F)F)ccc(F)c2s1. The lowest BCUT2D eigenvalue weighted by atomic mass is 9.95. The topological polar surface area (TPSA) is 105 Å². The Morgan fingerprint density at radius 2 is 1.89 bits per heavy atom. The lowest BCUT2D eigenvalue weighted by Gasteiger charge is -2.35. The Morgan fingerprint density at radius 3 is 2.66 bits per heavy atom. The molecule has 9 nitrogen and oxygen atoms in total. The van der Waals surface area contributed by atoms with Crippen LogP contribution in [0.15, 0.2) is 18.3 Å². The van der Waals surface area contributed by atoms with Crippen LogP contribution in [0.3, 0.4) is 0 Å². The van der Waals surface area contributed by atoms with E-state index in [9.17, 15) is 8.78 Å². The number of ether oxygens (including phenoxy) is 1. The summed E-state index contributed by atoms with van der Waals surface area (Å²) in [5, 5.41) is 3.69. The maximum absolute atomic E-state index is 15.1. The molecular weight excluding hydrogens is 603 g/mol. The first kappa shape index (κ1) is 28.1. The molecule has 2 unspecified atom stereocenters. The molecule has 4 aliphatic heterocycles. The Bertz CT molecular complexity index is 1770. The molecule has 7 heterocycles. The fourth-order valence-electron chi connectivity index (χ4n) is 7.63. The summed E-state index contributed by atoms with van der Waals surface area (Å²) < 4.78 is 80.5. The summed E-state index contributed by atoms with van der Waals surface area (Å²) in [6.07, 6.45) is -0.695. The van der Waals surface area contributed by atoms with Gasteiger partial charge in [0.05, 0.1) is 32.4 Å². The number of hydrogen-bond donors (Lipinski definition) is 2. The molecule has 3 aromatic heterocycles. The molecule has 1 aromatic carbocycles. The van der Waals surface area contributed by atoms with E-state index < -0.39 is 35.0 Å². The minimum absolute atomic E-state index is 0.00304. The van der Waals surface area contributed by atoms with Crippen LogP contribution < -0.4 is 20.7 Å². The summed E-state index contributed by atoms with van der Waals surface area (Å²) in [5.74, 6) is -0.325. The number of piperazine rings is 1. The van der Waals surface area contributed by atoms with Gasteiger partial charge in [-0.3, -0.25) is 9.88 Å². The minimum atomic E-state index is -4.90. The van der Waals surface area contributed by atoms with Gasteiger partial charge in [0, 0.05) is 49.9 Å². The van der Waals surface area contributed by atoms with E-state index in [1.807, 2.05) is 4.90 Å². The highest BCUT2D eigenvalue weighted by atomic mass is 32.1. The number of nitrogen functional groups attached to an aromatic ring is 1. The molecule has 232 valence electrons. The van der Waals surface area contributed by atoms with Crippen LogP contribution in [-0.4, -0.2) is 81.4 Å². The largest absolute Gasteiger partial charge is 0.461 e. The van der Waals surface area contributed by atoms with Gasteiger partial charge in [0.15, 0.2) is 5.13 Å². The zero-order valence-electron chi connectivity index (χ0n) is 23.5. The second-order valence-corrected chi connectivity index (χ2v) is 13.3. The number of anilines is 2. The van der Waals surface area contributed by atoms with Gasteiger partial charge in [0.1, 0.15) is 30.0 Å². The smallest absolute Gasteiger partial charge is 0.420 e. The highest BCUT2D eigenvalue weighted by molar-refractivity contribution is 7.22. The zero-order chi connectivity index (χ0) is 30.4. The third kappa shape index (κ3) is 4.53. The van der Waals surface area contributed by atoms with E-state index in [2.05, 4.69) is 30.2 Å². The van der Waals surface area contributed by atoms with Crippen molar-refractivity contribution in [1.82, 2.24) is 30.2 Å². The first-order valence-electron chi connectivity index (χ1n) is 14.7. The molecule has 4 aromatic rings. The van der Waals surface area contributed by atoms with Crippen molar-refractivity contribution in [2.45, 2.75) is 62.1 Å². The van der Waals surface area contributed by atoms with Gasteiger partial charge in [-0.05, 0) is 44.4 Å². The summed E-state index contributed by atoms with van der Waals surface area (Å²) in [6, 6.07) is 2.49. The number of rotatable bonds is 5. The van der Waals surface area contributed by atoms with Gasteiger partial charge in [-0.15, -0.1) is 0 Å². The predicted molar refractivity (Wildman–Crippen MR) is 156 cm³/mol. The molecular formula is C29H29F5N8OS. The number of alkyl halides is 4. The second kappa shape index (κ2) is 10.0. The Kier molecular flexibility index (Phi) is 6.41. The van der Waals surface area contributed by atoms with Crippen LogP contribution in [0.25, 0.3) is 32.4 Å². The molecule has 0 radical (unpaired) electrons. The molecule has 4 aliphatic rings. The summed E-state index contributed by atoms with van der Waals surface area (Å²) >= 11 is 0.854. The first-order valence-corrected chi connectivity index (χ1v) is 15.6. The van der Waals surface area contributed by atoms with E-state index >= 15 is 13.2 Å². The van der Waals surface area contributed by atoms with E-state index in [0.717, 1.165) is 49.6 Å². The van der Waals surface area contributed by atoms with Crippen molar-refractivity contribution in [3.63, 3.8) is 0 Å². The van der Waals surface area contributed by atoms with Crippen molar-refractivity contribution in [3.05, 3.63) is 29.7 Å². The number of benzene rings is 1. The van der Waals surface area contributed by atoms with Crippen molar-refractivity contribution in [3.8, 4) is 17.3 Å². The van der Waals surface area contributed by atoms with Crippen LogP contribution in [0.1, 0.15) is 37.7 Å². The van der Waals surface area contributed by atoms with E-state index in [-0.39, 0.29) is 56.5 Å². The van der Waals surface area contributed by atoms with Crippen molar-refractivity contribution in [2.75, 3.05) is 43.4 Å². The van der Waals surface area contributed by atoms with Gasteiger partial charge in [-0.1, -0.05) is 11.3 Å². The van der Waals surface area contributed by atoms with Gasteiger partial charge in [0.2, 0.25) is 0 Å². The number of nitrogens with two attached hydrogens (primary N) is 1. The van der Waals surface area contributed by atoms with Gasteiger partial charge < -0.3 is 20.7 Å². The zero-order valence-corrected chi connectivity index (χ0v) is 24.3. The minimum Gasteiger partial charge on any atom is -0.461 e. The van der Waals surface area contributed by atoms with E-state index in [1.54, 1.807) is 0 Å². The number of pyridine rings is 1. The Morgan fingerprint density at radius 1 is 1.09 bits per heavy atom. The highest BCUT2D eigenvalue weighted by Gasteiger charge is 2.49. The highest BCUT2D eigenvalue weighted by Crippen LogP contribution is 2.45. The monoisotopic (exact) mass is 632 g/mol. The maximum Gasteiger partial charge on any atom is 0.420 e. The van der Waals surface area contributed by atoms with Crippen LogP contribution in [-0.2, 0) is 6.18 Å². The van der Waals surface area contributed by atoms with Crippen LogP contribution in [0.5, 0.6) is 6.01 Å². The normalized spacial score (nSPS) is 27.1. The van der Waals surface area contributed by atoms with E-state index in [1.165, 1.54) is 12.3 Å². The quantitative estimate of drug-likeness (QED) is 0.296. The number of aromatic nitrogens is 4. The summed E-state index contributed by atoms with van der Waals surface area (Å²) in [4.78, 5) is 21.5. The number of halogens is 5. The molecule has 4 atom stereocenters. The summed E-state index contributed by atoms with van der Waals surface area (Å²) in [6.45, 7) is 2.25. The molecule has 3 N–H and O–H groups in total. The van der Waals surface area contributed by atoms with Crippen molar-refractivity contribution in [2.24, 2.45) is 0 Å². The molecule has 44 heavy (non-hydrogen) atoms. The molecule has 15 heteroatoms. The van der Waals surface area contributed by atoms with E-state index in [0.29, 0.717) is 31.9 Å². The lowest BCUT2D eigenvalue weighted by molar-refractivity contribution is -0.136. The van der Waals surface area contributed by atoms with Crippen LogP contribution in [0.2, 0.25) is 0 Å². The average molecular weight is 633 g/mol. The van der Waals surface area contributed by atoms with Crippen molar-refractivity contribution >= 4 is 43.4 Å². The first-order chi connectivity index (χ1) is 21.1. The number of nitrogens with zero attached hydrogens (tertiary/aromatic N) is 6.